The largest absolute Gasteiger partial charge is 0.369 e. The molecule has 1 atom stereocenters. The molecule has 6 heteroatoms. The zero-order valence-corrected chi connectivity index (χ0v) is 18.1. The van der Waals surface area contributed by atoms with E-state index in [4.69, 9.17) is 0 Å². The molecule has 4 rings (SSSR count). The minimum atomic E-state index is -0.0763. The number of carbonyl (C=O) groups is 1. The molecule has 6 nitrogen and oxygen atoms in total. The van der Waals surface area contributed by atoms with Gasteiger partial charge in [0.25, 0.3) is 0 Å². The number of likely N-dealkylation sites (tertiary alicyclic amines) is 1. The summed E-state index contributed by atoms with van der Waals surface area (Å²) in [6.45, 7) is 9.64. The average Bonchev–Trinajstić information content (AvgIpc) is 3.34. The van der Waals surface area contributed by atoms with Crippen LogP contribution in [0.5, 0.6) is 0 Å². The van der Waals surface area contributed by atoms with Crippen molar-refractivity contribution in [3.63, 3.8) is 0 Å². The van der Waals surface area contributed by atoms with Gasteiger partial charge in [-0.15, -0.1) is 0 Å². The summed E-state index contributed by atoms with van der Waals surface area (Å²) in [5.41, 5.74) is 3.27. The standard InChI is InChI=1S/C23H37N5O/c1-18-13-21(15-22(14-18)28-11-9-26(2)10-12-28)25-23(29)24-20-7-8-27(17-20)16-19-5-3-4-6-19/h13-15,19-20H,3-12,16-17H2,1-2H3,(H2,24,25,29). The number of hydrogen-bond acceptors (Lipinski definition) is 4. The van der Waals surface area contributed by atoms with Gasteiger partial charge in [0.05, 0.1) is 0 Å². The van der Waals surface area contributed by atoms with Gasteiger partial charge in [-0.05, 0) is 62.9 Å². The van der Waals surface area contributed by atoms with Gasteiger partial charge in [-0.2, -0.15) is 0 Å². The smallest absolute Gasteiger partial charge is 0.319 e. The highest BCUT2D eigenvalue weighted by molar-refractivity contribution is 5.90. The van der Waals surface area contributed by atoms with Gasteiger partial charge in [-0.25, -0.2) is 4.79 Å². The minimum absolute atomic E-state index is 0.0763. The summed E-state index contributed by atoms with van der Waals surface area (Å²) in [6, 6.07) is 6.57. The lowest BCUT2D eigenvalue weighted by molar-refractivity contribution is 0.245. The van der Waals surface area contributed by atoms with Crippen molar-refractivity contribution in [2.24, 2.45) is 5.92 Å². The van der Waals surface area contributed by atoms with Crippen LogP contribution in [0.3, 0.4) is 0 Å². The van der Waals surface area contributed by atoms with Gasteiger partial charge in [0, 0.05) is 63.2 Å². The fourth-order valence-electron chi connectivity index (χ4n) is 5.11. The minimum Gasteiger partial charge on any atom is -0.369 e. The Bertz CT molecular complexity index is 695. The molecule has 3 aliphatic rings. The Hall–Kier alpha value is -1.79. The normalized spacial score (nSPS) is 24.2. The fraction of sp³-hybridized carbons (Fsp3) is 0.696. The molecule has 1 unspecified atom stereocenters. The number of benzene rings is 1. The molecule has 0 spiro atoms. The number of amides is 2. The third-order valence-corrected chi connectivity index (χ3v) is 6.79. The number of anilines is 2. The van der Waals surface area contributed by atoms with Crippen LogP contribution in [-0.2, 0) is 0 Å². The number of aryl methyl sites for hydroxylation is 1. The molecule has 2 aliphatic heterocycles. The summed E-state index contributed by atoms with van der Waals surface area (Å²) in [4.78, 5) is 19.9. The van der Waals surface area contributed by atoms with Gasteiger partial charge in [-0.1, -0.05) is 12.8 Å². The Balaban J connectivity index is 1.28. The van der Waals surface area contributed by atoms with Gasteiger partial charge in [0.1, 0.15) is 0 Å². The predicted octanol–water partition coefficient (Wildman–Crippen LogP) is 3.13. The van der Waals surface area contributed by atoms with Crippen molar-refractivity contribution in [1.82, 2.24) is 15.1 Å². The quantitative estimate of drug-likeness (QED) is 0.799. The Labute approximate surface area is 175 Å². The van der Waals surface area contributed by atoms with Gasteiger partial charge < -0.3 is 25.3 Å². The van der Waals surface area contributed by atoms with E-state index in [2.05, 4.69) is 57.5 Å². The first-order valence-corrected chi connectivity index (χ1v) is 11.4. The van der Waals surface area contributed by atoms with E-state index in [0.29, 0.717) is 0 Å². The first kappa shape index (κ1) is 20.5. The summed E-state index contributed by atoms with van der Waals surface area (Å²) < 4.78 is 0. The molecule has 1 aliphatic carbocycles. The van der Waals surface area contributed by atoms with Crippen LogP contribution in [0.15, 0.2) is 18.2 Å². The number of urea groups is 1. The molecule has 29 heavy (non-hydrogen) atoms. The van der Waals surface area contributed by atoms with E-state index < -0.39 is 0 Å². The molecular formula is C23H37N5O. The van der Waals surface area contributed by atoms with Crippen molar-refractivity contribution in [2.45, 2.75) is 45.1 Å². The Morgan fingerprint density at radius 2 is 1.79 bits per heavy atom. The SMILES string of the molecule is Cc1cc(NC(=O)NC2CCN(CC3CCCC3)C2)cc(N2CCN(C)CC2)c1. The van der Waals surface area contributed by atoms with Gasteiger partial charge >= 0.3 is 6.03 Å². The van der Waals surface area contributed by atoms with Crippen molar-refractivity contribution in [2.75, 3.05) is 63.1 Å². The van der Waals surface area contributed by atoms with Crippen LogP contribution < -0.4 is 15.5 Å². The average molecular weight is 400 g/mol. The Morgan fingerprint density at radius 3 is 2.55 bits per heavy atom. The molecule has 1 aromatic carbocycles. The summed E-state index contributed by atoms with van der Waals surface area (Å²) in [5, 5.41) is 6.27. The van der Waals surface area contributed by atoms with Crippen LogP contribution in [0, 0.1) is 12.8 Å². The number of piperazine rings is 1. The van der Waals surface area contributed by atoms with E-state index in [1.165, 1.54) is 43.5 Å². The van der Waals surface area contributed by atoms with Crippen molar-refractivity contribution in [3.8, 4) is 0 Å². The highest BCUT2D eigenvalue weighted by Gasteiger charge is 2.27. The highest BCUT2D eigenvalue weighted by atomic mass is 16.2. The summed E-state index contributed by atoms with van der Waals surface area (Å²) in [5.74, 6) is 0.878. The molecule has 0 bridgehead atoms. The molecule has 2 saturated heterocycles. The number of hydrogen-bond donors (Lipinski definition) is 2. The second-order valence-electron chi connectivity index (χ2n) is 9.34. The lowest BCUT2D eigenvalue weighted by atomic mass is 10.1. The van der Waals surface area contributed by atoms with Crippen LogP contribution in [0.1, 0.15) is 37.7 Å². The second-order valence-corrected chi connectivity index (χ2v) is 9.34. The first-order valence-electron chi connectivity index (χ1n) is 11.4. The zero-order valence-electron chi connectivity index (χ0n) is 18.1. The number of nitrogens with one attached hydrogen (secondary N) is 2. The van der Waals surface area contributed by atoms with E-state index in [0.717, 1.165) is 57.3 Å². The molecule has 3 fully saturated rings. The van der Waals surface area contributed by atoms with Crippen LogP contribution in [0.2, 0.25) is 0 Å². The van der Waals surface area contributed by atoms with Crippen molar-refractivity contribution >= 4 is 17.4 Å². The van der Waals surface area contributed by atoms with E-state index >= 15 is 0 Å². The molecule has 1 saturated carbocycles. The highest BCUT2D eigenvalue weighted by Crippen LogP contribution is 2.27. The van der Waals surface area contributed by atoms with E-state index in [1.54, 1.807) is 0 Å². The van der Waals surface area contributed by atoms with Crippen molar-refractivity contribution in [3.05, 3.63) is 23.8 Å². The molecule has 2 N–H and O–H groups in total. The summed E-state index contributed by atoms with van der Waals surface area (Å²) in [7, 11) is 2.17. The second kappa shape index (κ2) is 9.35. The lowest BCUT2D eigenvalue weighted by Gasteiger charge is -2.34. The molecular weight excluding hydrogens is 362 g/mol. The van der Waals surface area contributed by atoms with E-state index in [1.807, 2.05) is 0 Å². The van der Waals surface area contributed by atoms with E-state index in [9.17, 15) is 4.79 Å². The molecule has 0 aromatic heterocycles. The monoisotopic (exact) mass is 399 g/mol. The number of carbonyl (C=O) groups excluding carboxylic acids is 1. The third-order valence-electron chi connectivity index (χ3n) is 6.79. The van der Waals surface area contributed by atoms with Gasteiger partial charge in [0.15, 0.2) is 0 Å². The Kier molecular flexibility index (Phi) is 6.60. The first-order chi connectivity index (χ1) is 14.0. The van der Waals surface area contributed by atoms with E-state index in [-0.39, 0.29) is 12.1 Å². The maximum absolute atomic E-state index is 12.6. The van der Waals surface area contributed by atoms with Crippen molar-refractivity contribution in [1.29, 1.82) is 0 Å². The predicted molar refractivity (Wildman–Crippen MR) is 120 cm³/mol. The van der Waals surface area contributed by atoms with Crippen molar-refractivity contribution < 1.29 is 4.79 Å². The topological polar surface area (TPSA) is 50.9 Å². The van der Waals surface area contributed by atoms with Crippen LogP contribution >= 0.6 is 0 Å². The van der Waals surface area contributed by atoms with Gasteiger partial charge in [-0.3, -0.25) is 0 Å². The third kappa shape index (κ3) is 5.64. The molecule has 160 valence electrons. The molecule has 0 radical (unpaired) electrons. The lowest BCUT2D eigenvalue weighted by Crippen LogP contribution is -2.44. The number of nitrogens with zero attached hydrogens (tertiary/aromatic N) is 3. The number of likely N-dealkylation sites (N-methyl/N-ethyl adjacent to an activating group) is 1. The zero-order chi connectivity index (χ0) is 20.2. The number of rotatable bonds is 5. The molecule has 2 amide bonds. The molecule has 1 aromatic rings. The summed E-state index contributed by atoms with van der Waals surface area (Å²) in [6.07, 6.45) is 6.63. The van der Waals surface area contributed by atoms with Crippen LogP contribution in [-0.4, -0.2) is 74.7 Å². The summed E-state index contributed by atoms with van der Waals surface area (Å²) >= 11 is 0. The van der Waals surface area contributed by atoms with Crippen LogP contribution in [0.25, 0.3) is 0 Å². The van der Waals surface area contributed by atoms with Gasteiger partial charge in [0.2, 0.25) is 0 Å². The maximum atomic E-state index is 12.6. The maximum Gasteiger partial charge on any atom is 0.319 e. The van der Waals surface area contributed by atoms with Crippen LogP contribution in [0.4, 0.5) is 16.2 Å². The molecule has 2 heterocycles. The fourth-order valence-corrected chi connectivity index (χ4v) is 5.11. The Morgan fingerprint density at radius 1 is 1.03 bits per heavy atom.